The predicted octanol–water partition coefficient (Wildman–Crippen LogP) is 1.60. The number of carbonyl (C=O) groups is 1. The van der Waals surface area contributed by atoms with E-state index in [0.717, 1.165) is 12.1 Å². The van der Waals surface area contributed by atoms with Crippen LogP contribution < -0.4 is 15.8 Å². The van der Waals surface area contributed by atoms with Gasteiger partial charge in [-0.2, -0.15) is 0 Å². The average molecular weight is 347 g/mol. The summed E-state index contributed by atoms with van der Waals surface area (Å²) in [6, 6.07) is 3.13. The van der Waals surface area contributed by atoms with Gasteiger partial charge in [-0.05, 0) is 45.4 Å². The largest absolute Gasteiger partial charge is 0.444 e. The van der Waals surface area contributed by atoms with Crippen molar-refractivity contribution in [1.29, 1.82) is 0 Å². The monoisotopic (exact) mass is 347 g/mol. The molecule has 23 heavy (non-hydrogen) atoms. The molecule has 0 radical (unpaired) electrons. The van der Waals surface area contributed by atoms with Gasteiger partial charge in [-0.1, -0.05) is 0 Å². The summed E-state index contributed by atoms with van der Waals surface area (Å²) < 4.78 is 44.5. The van der Waals surface area contributed by atoms with Gasteiger partial charge in [0.25, 0.3) is 0 Å². The highest BCUT2D eigenvalue weighted by atomic mass is 32.2. The van der Waals surface area contributed by atoms with Crippen molar-refractivity contribution in [2.24, 2.45) is 0 Å². The van der Waals surface area contributed by atoms with Crippen LogP contribution in [0.5, 0.6) is 0 Å². The summed E-state index contributed by atoms with van der Waals surface area (Å²) in [5, 5.41) is 2.51. The normalized spacial score (nSPS) is 12.0. The Bertz CT molecular complexity index is 656. The summed E-state index contributed by atoms with van der Waals surface area (Å²) in [7, 11) is -3.90. The lowest BCUT2D eigenvalue weighted by atomic mass is 10.2. The number of hydrogen-bond donors (Lipinski definition) is 3. The maximum atomic E-state index is 13.1. The van der Waals surface area contributed by atoms with Gasteiger partial charge in [0.1, 0.15) is 16.3 Å². The van der Waals surface area contributed by atoms with Crippen molar-refractivity contribution in [1.82, 2.24) is 10.0 Å². The molecular weight excluding hydrogens is 325 g/mol. The molecule has 0 aliphatic rings. The van der Waals surface area contributed by atoms with Crippen molar-refractivity contribution in [3.05, 3.63) is 24.0 Å². The third-order valence-electron chi connectivity index (χ3n) is 2.58. The number of carbonyl (C=O) groups excluding carboxylic acids is 1. The van der Waals surface area contributed by atoms with E-state index in [-0.39, 0.29) is 23.7 Å². The zero-order chi connectivity index (χ0) is 17.7. The number of anilines is 1. The molecule has 1 aromatic carbocycles. The molecule has 0 heterocycles. The maximum absolute atomic E-state index is 13.1. The lowest BCUT2D eigenvalue weighted by Crippen LogP contribution is -2.34. The van der Waals surface area contributed by atoms with Gasteiger partial charge in [0.15, 0.2) is 0 Å². The highest BCUT2D eigenvalue weighted by Gasteiger charge is 2.18. The van der Waals surface area contributed by atoms with Crippen molar-refractivity contribution >= 4 is 21.8 Å². The van der Waals surface area contributed by atoms with Gasteiger partial charge in [-0.15, -0.1) is 0 Å². The van der Waals surface area contributed by atoms with Crippen molar-refractivity contribution in [2.45, 2.75) is 37.7 Å². The number of nitrogens with two attached hydrogens (primary N) is 1. The lowest BCUT2D eigenvalue weighted by molar-refractivity contribution is 0.0527. The molecule has 130 valence electrons. The maximum Gasteiger partial charge on any atom is 0.407 e. The highest BCUT2D eigenvalue weighted by Crippen LogP contribution is 2.18. The SMILES string of the molecule is CC(C)(C)OC(=O)NCCCNS(=O)(=O)c1cc(F)ccc1N. The fourth-order valence-electron chi connectivity index (χ4n) is 1.62. The van der Waals surface area contributed by atoms with E-state index < -0.39 is 27.5 Å². The molecule has 0 bridgehead atoms. The molecule has 1 aromatic rings. The quantitative estimate of drug-likeness (QED) is 0.535. The van der Waals surface area contributed by atoms with Crippen LogP contribution in [0.4, 0.5) is 14.9 Å². The summed E-state index contributed by atoms with van der Waals surface area (Å²) in [5.74, 6) is -0.689. The Morgan fingerprint density at radius 3 is 2.57 bits per heavy atom. The number of rotatable bonds is 6. The lowest BCUT2D eigenvalue weighted by Gasteiger charge is -2.19. The number of amides is 1. The first-order valence-corrected chi connectivity index (χ1v) is 8.51. The van der Waals surface area contributed by atoms with E-state index in [1.54, 1.807) is 20.8 Å². The number of hydrogen-bond acceptors (Lipinski definition) is 5. The van der Waals surface area contributed by atoms with Gasteiger partial charge in [0.05, 0.1) is 5.69 Å². The van der Waals surface area contributed by atoms with Gasteiger partial charge < -0.3 is 15.8 Å². The minimum absolute atomic E-state index is 0.0363. The number of sulfonamides is 1. The molecule has 0 aliphatic heterocycles. The van der Waals surface area contributed by atoms with Gasteiger partial charge in [-0.25, -0.2) is 22.3 Å². The van der Waals surface area contributed by atoms with Crippen molar-refractivity contribution in [2.75, 3.05) is 18.8 Å². The minimum Gasteiger partial charge on any atom is -0.444 e. The molecule has 0 saturated heterocycles. The van der Waals surface area contributed by atoms with Crippen LogP contribution in [0.1, 0.15) is 27.2 Å². The summed E-state index contributed by atoms with van der Waals surface area (Å²) >= 11 is 0. The Hall–Kier alpha value is -1.87. The number of benzene rings is 1. The molecule has 0 aliphatic carbocycles. The molecule has 0 aromatic heterocycles. The number of ether oxygens (including phenoxy) is 1. The van der Waals surface area contributed by atoms with Gasteiger partial charge in [0.2, 0.25) is 10.0 Å². The van der Waals surface area contributed by atoms with E-state index in [4.69, 9.17) is 10.5 Å². The van der Waals surface area contributed by atoms with Crippen LogP contribution in [-0.4, -0.2) is 33.2 Å². The third-order valence-corrected chi connectivity index (χ3v) is 4.10. The number of halogens is 1. The van der Waals surface area contributed by atoms with E-state index in [1.807, 2.05) is 0 Å². The van der Waals surface area contributed by atoms with E-state index in [0.29, 0.717) is 6.42 Å². The first kappa shape index (κ1) is 19.2. The molecule has 0 spiro atoms. The van der Waals surface area contributed by atoms with E-state index >= 15 is 0 Å². The Balaban J connectivity index is 2.43. The van der Waals surface area contributed by atoms with E-state index in [9.17, 15) is 17.6 Å². The van der Waals surface area contributed by atoms with Crippen LogP contribution in [-0.2, 0) is 14.8 Å². The topological polar surface area (TPSA) is 111 Å². The molecule has 9 heteroatoms. The molecule has 7 nitrogen and oxygen atoms in total. The molecule has 0 fully saturated rings. The molecule has 4 N–H and O–H groups in total. The van der Waals surface area contributed by atoms with Crippen molar-refractivity contribution in [3.8, 4) is 0 Å². The Morgan fingerprint density at radius 1 is 1.30 bits per heavy atom. The van der Waals surface area contributed by atoms with Crippen LogP contribution in [0.25, 0.3) is 0 Å². The van der Waals surface area contributed by atoms with Crippen LogP contribution in [0.3, 0.4) is 0 Å². The summed E-state index contributed by atoms with van der Waals surface area (Å²) in [6.45, 7) is 5.52. The third kappa shape index (κ3) is 6.83. The summed E-state index contributed by atoms with van der Waals surface area (Å²) in [6.07, 6.45) is -0.233. The number of alkyl carbamates (subject to hydrolysis) is 1. The first-order valence-electron chi connectivity index (χ1n) is 7.03. The second kappa shape index (κ2) is 7.60. The standard InChI is InChI=1S/C14H22FN3O4S/c1-14(2,3)22-13(19)17-7-4-8-18-23(20,21)12-9-10(15)5-6-11(12)16/h5-6,9,18H,4,7-8,16H2,1-3H3,(H,17,19). The molecule has 1 rings (SSSR count). The van der Waals surface area contributed by atoms with Crippen molar-refractivity contribution in [3.63, 3.8) is 0 Å². The first-order chi connectivity index (χ1) is 10.5. The zero-order valence-electron chi connectivity index (χ0n) is 13.3. The number of nitrogens with one attached hydrogen (secondary N) is 2. The van der Waals surface area contributed by atoms with E-state index in [2.05, 4.69) is 10.0 Å². The Morgan fingerprint density at radius 2 is 1.96 bits per heavy atom. The van der Waals surface area contributed by atoms with Crippen molar-refractivity contribution < 1.29 is 22.3 Å². The molecule has 0 atom stereocenters. The Labute approximate surface area is 135 Å². The molecule has 0 saturated carbocycles. The number of nitrogen functional groups attached to an aromatic ring is 1. The summed E-state index contributed by atoms with van der Waals surface area (Å²) in [4.78, 5) is 11.1. The fourth-order valence-corrected chi connectivity index (χ4v) is 2.83. The van der Waals surface area contributed by atoms with Crippen LogP contribution in [0, 0.1) is 5.82 Å². The van der Waals surface area contributed by atoms with Gasteiger partial charge >= 0.3 is 6.09 Å². The van der Waals surface area contributed by atoms with Gasteiger partial charge in [0, 0.05) is 13.1 Å². The van der Waals surface area contributed by atoms with E-state index in [1.165, 1.54) is 6.07 Å². The Kier molecular flexibility index (Phi) is 6.34. The second-order valence-corrected chi connectivity index (χ2v) is 7.60. The smallest absolute Gasteiger partial charge is 0.407 e. The molecule has 1 amide bonds. The van der Waals surface area contributed by atoms with Crippen LogP contribution >= 0.6 is 0 Å². The van der Waals surface area contributed by atoms with Crippen LogP contribution in [0.15, 0.2) is 23.1 Å². The van der Waals surface area contributed by atoms with Gasteiger partial charge in [-0.3, -0.25) is 0 Å². The second-order valence-electron chi connectivity index (χ2n) is 5.86. The predicted molar refractivity (Wildman–Crippen MR) is 84.9 cm³/mol. The fraction of sp³-hybridized carbons (Fsp3) is 0.500. The molecule has 0 unspecified atom stereocenters. The minimum atomic E-state index is -3.90. The van der Waals surface area contributed by atoms with Crippen LogP contribution in [0.2, 0.25) is 0 Å². The zero-order valence-corrected chi connectivity index (χ0v) is 14.2. The highest BCUT2D eigenvalue weighted by molar-refractivity contribution is 7.89. The average Bonchev–Trinajstić information content (AvgIpc) is 2.39. The molecular formula is C14H22FN3O4S. The summed E-state index contributed by atoms with van der Waals surface area (Å²) in [5.41, 5.74) is 4.91.